The number of carbonyl (C=O) groups excluding carboxylic acids is 2. The first-order valence-electron chi connectivity index (χ1n) is 9.75. The molecule has 1 fully saturated rings. The quantitative estimate of drug-likeness (QED) is 0.613. The van der Waals surface area contributed by atoms with E-state index in [-0.39, 0.29) is 58.3 Å². The lowest BCUT2D eigenvalue weighted by molar-refractivity contribution is -0.148. The van der Waals surface area contributed by atoms with E-state index in [9.17, 15) is 9.59 Å². The second kappa shape index (κ2) is 10.3. The normalized spacial score (nSPS) is 19.9. The molecule has 1 amide bonds. The molecule has 0 unspecified atom stereocenters. The predicted molar refractivity (Wildman–Crippen MR) is 114 cm³/mol. The minimum absolute atomic E-state index is 0.0804. The van der Waals surface area contributed by atoms with Gasteiger partial charge in [-0.1, -0.05) is 32.4 Å². The Hall–Kier alpha value is -2.10. The zero-order chi connectivity index (χ0) is 22.5. The Morgan fingerprint density at radius 3 is 2.67 bits per heavy atom. The molecule has 1 aliphatic rings. The summed E-state index contributed by atoms with van der Waals surface area (Å²) in [4.78, 5) is 30.8. The number of piperidine rings is 1. The van der Waals surface area contributed by atoms with E-state index in [1.54, 1.807) is 7.11 Å². The van der Waals surface area contributed by atoms with E-state index in [1.165, 1.54) is 13.2 Å². The lowest BCUT2D eigenvalue weighted by Crippen LogP contribution is -2.55. The maximum atomic E-state index is 12.8. The van der Waals surface area contributed by atoms with Crippen LogP contribution in [0.2, 0.25) is 5.02 Å². The highest BCUT2D eigenvalue weighted by Crippen LogP contribution is 2.25. The van der Waals surface area contributed by atoms with Crippen LogP contribution in [0.5, 0.6) is 5.88 Å². The van der Waals surface area contributed by atoms with Gasteiger partial charge in [0.05, 0.1) is 37.4 Å². The molecule has 0 saturated carbocycles. The molecule has 0 aliphatic carbocycles. The average molecular weight is 443 g/mol. The van der Waals surface area contributed by atoms with Crippen molar-refractivity contribution >= 4 is 29.3 Å². The third-order valence-corrected chi connectivity index (χ3v) is 4.99. The van der Waals surface area contributed by atoms with Gasteiger partial charge in [0.25, 0.3) is 5.91 Å². The molecule has 1 aromatic rings. The number of aromatic nitrogens is 1. The number of amides is 1. The summed E-state index contributed by atoms with van der Waals surface area (Å²) in [5, 5.41) is 3.12. The number of nitrogens with one attached hydrogen (secondary N) is 1. The Kier molecular flexibility index (Phi) is 8.28. The smallest absolute Gasteiger partial charge is 0.320 e. The fourth-order valence-corrected chi connectivity index (χ4v) is 3.25. The van der Waals surface area contributed by atoms with Crippen molar-refractivity contribution in [2.45, 2.75) is 39.3 Å². The topological polar surface area (TPSA) is 116 Å². The van der Waals surface area contributed by atoms with Crippen LogP contribution in [0.15, 0.2) is 6.07 Å². The van der Waals surface area contributed by atoms with Crippen molar-refractivity contribution in [1.82, 2.24) is 15.2 Å². The van der Waals surface area contributed by atoms with Crippen LogP contribution in [-0.2, 0) is 14.3 Å². The molecule has 0 spiro atoms. The fourth-order valence-electron chi connectivity index (χ4n) is 3.10. The molecule has 0 radical (unpaired) electrons. The van der Waals surface area contributed by atoms with Crippen molar-refractivity contribution in [3.63, 3.8) is 0 Å². The number of hydrogen-bond acceptors (Lipinski definition) is 8. The Balaban J connectivity index is 1.97. The maximum Gasteiger partial charge on any atom is 0.320 e. The molecule has 1 saturated heterocycles. The number of esters is 1. The minimum Gasteiger partial charge on any atom is -0.480 e. The van der Waals surface area contributed by atoms with Gasteiger partial charge in [-0.15, -0.1) is 0 Å². The summed E-state index contributed by atoms with van der Waals surface area (Å²) in [5.74, 6) is -0.463. The molecule has 1 aliphatic heterocycles. The second-order valence-electron chi connectivity index (χ2n) is 8.51. The first-order valence-corrected chi connectivity index (χ1v) is 10.1. The number of nitrogen functional groups attached to an aromatic ring is 1. The molecule has 1 aromatic heterocycles. The molecule has 9 nitrogen and oxygen atoms in total. The third-order valence-electron chi connectivity index (χ3n) is 4.69. The van der Waals surface area contributed by atoms with E-state index in [4.69, 9.17) is 31.5 Å². The number of likely N-dealkylation sites (tertiary alicyclic amines) is 1. The Labute approximate surface area is 182 Å². The number of nitrogens with zero attached hydrogens (tertiary/aromatic N) is 2. The molecule has 0 bridgehead atoms. The molecule has 168 valence electrons. The van der Waals surface area contributed by atoms with Crippen LogP contribution in [0, 0.1) is 5.41 Å². The SMILES string of the molecule is COc1nc(N)c(Cl)cc1C(=O)N[C@@H]1CCN(CC(=O)OCC(C)(C)C)C[C@@H]1OC. The van der Waals surface area contributed by atoms with Crippen molar-refractivity contribution in [1.29, 1.82) is 0 Å². The average Bonchev–Trinajstić information content (AvgIpc) is 2.68. The molecular weight excluding hydrogens is 412 g/mol. The van der Waals surface area contributed by atoms with Crippen molar-refractivity contribution < 1.29 is 23.8 Å². The minimum atomic E-state index is -0.383. The number of carbonyl (C=O) groups is 2. The molecule has 3 N–H and O–H groups in total. The first kappa shape index (κ1) is 24.2. The van der Waals surface area contributed by atoms with Gasteiger partial charge in [0.15, 0.2) is 0 Å². The van der Waals surface area contributed by atoms with E-state index in [1.807, 2.05) is 25.7 Å². The van der Waals surface area contributed by atoms with Gasteiger partial charge in [-0.25, -0.2) is 0 Å². The number of methoxy groups -OCH3 is 2. The van der Waals surface area contributed by atoms with Gasteiger partial charge < -0.3 is 25.3 Å². The number of pyridine rings is 1. The fraction of sp³-hybridized carbons (Fsp3) is 0.650. The molecule has 10 heteroatoms. The van der Waals surface area contributed by atoms with Gasteiger partial charge in [-0.3, -0.25) is 14.5 Å². The summed E-state index contributed by atoms with van der Waals surface area (Å²) in [6.45, 7) is 7.68. The molecule has 2 heterocycles. The molecular formula is C20H31ClN4O5. The van der Waals surface area contributed by atoms with Crippen LogP contribution in [0.3, 0.4) is 0 Å². The number of rotatable bonds is 7. The number of ether oxygens (including phenoxy) is 3. The lowest BCUT2D eigenvalue weighted by Gasteiger charge is -2.37. The van der Waals surface area contributed by atoms with E-state index in [0.717, 1.165) is 0 Å². The van der Waals surface area contributed by atoms with E-state index < -0.39 is 0 Å². The molecule has 2 atom stereocenters. The maximum absolute atomic E-state index is 12.8. The highest BCUT2D eigenvalue weighted by atomic mass is 35.5. The summed E-state index contributed by atoms with van der Waals surface area (Å²) in [7, 11) is 2.98. The van der Waals surface area contributed by atoms with Crippen molar-refractivity contribution in [3.05, 3.63) is 16.7 Å². The molecule has 0 aromatic carbocycles. The zero-order valence-corrected chi connectivity index (χ0v) is 18.9. The standard InChI is InChI=1S/C20H31ClN4O5/c1-20(2,3)11-30-16(26)10-25-7-6-14(15(9-25)28-4)23-18(27)12-8-13(21)17(22)24-19(12)29-5/h8,14-15H,6-7,9-11H2,1-5H3,(H2,22,24)(H,23,27)/t14-,15+/m1/s1. The van der Waals surface area contributed by atoms with E-state index in [2.05, 4.69) is 10.3 Å². The zero-order valence-electron chi connectivity index (χ0n) is 18.2. The summed E-state index contributed by atoms with van der Waals surface area (Å²) < 4.78 is 16.1. The highest BCUT2D eigenvalue weighted by Gasteiger charge is 2.32. The number of halogens is 1. The highest BCUT2D eigenvalue weighted by molar-refractivity contribution is 6.33. The predicted octanol–water partition coefficient (Wildman–Crippen LogP) is 1.73. The van der Waals surface area contributed by atoms with Crippen LogP contribution in [0.25, 0.3) is 0 Å². The summed E-state index contributed by atoms with van der Waals surface area (Å²) >= 11 is 6.01. The number of anilines is 1. The monoisotopic (exact) mass is 442 g/mol. The van der Waals surface area contributed by atoms with Crippen LogP contribution in [-0.4, -0.2) is 74.4 Å². The summed E-state index contributed by atoms with van der Waals surface area (Å²) in [6.07, 6.45) is 0.316. The van der Waals surface area contributed by atoms with Crippen molar-refractivity contribution in [2.24, 2.45) is 5.41 Å². The van der Waals surface area contributed by atoms with E-state index >= 15 is 0 Å². The Bertz CT molecular complexity index is 768. The van der Waals surface area contributed by atoms with Crippen molar-refractivity contribution in [2.75, 3.05) is 46.2 Å². The van der Waals surface area contributed by atoms with Gasteiger partial charge in [-0.2, -0.15) is 4.98 Å². The molecule has 2 rings (SSSR count). The van der Waals surface area contributed by atoms with Crippen LogP contribution in [0.1, 0.15) is 37.6 Å². The largest absolute Gasteiger partial charge is 0.480 e. The van der Waals surface area contributed by atoms with E-state index in [0.29, 0.717) is 26.1 Å². The number of nitrogens with two attached hydrogens (primary N) is 1. The molecule has 30 heavy (non-hydrogen) atoms. The summed E-state index contributed by atoms with van der Waals surface area (Å²) in [6, 6.07) is 1.19. The summed E-state index contributed by atoms with van der Waals surface area (Å²) in [5.41, 5.74) is 5.79. The van der Waals surface area contributed by atoms with Crippen molar-refractivity contribution in [3.8, 4) is 5.88 Å². The van der Waals surface area contributed by atoms with Gasteiger partial charge in [0, 0.05) is 20.2 Å². The third kappa shape index (κ3) is 6.72. The van der Waals surface area contributed by atoms with Crippen LogP contribution in [0.4, 0.5) is 5.82 Å². The second-order valence-corrected chi connectivity index (χ2v) is 8.92. The lowest BCUT2D eigenvalue weighted by atomic mass is 9.99. The number of hydrogen-bond donors (Lipinski definition) is 2. The van der Waals surface area contributed by atoms with Crippen LogP contribution < -0.4 is 15.8 Å². The first-order chi connectivity index (χ1) is 14.0. The Morgan fingerprint density at radius 2 is 2.07 bits per heavy atom. The van der Waals surface area contributed by atoms with Gasteiger partial charge >= 0.3 is 5.97 Å². The van der Waals surface area contributed by atoms with Gasteiger partial charge in [0.2, 0.25) is 5.88 Å². The van der Waals surface area contributed by atoms with Crippen LogP contribution >= 0.6 is 11.6 Å². The Morgan fingerprint density at radius 1 is 1.37 bits per heavy atom. The van der Waals surface area contributed by atoms with Gasteiger partial charge in [-0.05, 0) is 17.9 Å². The van der Waals surface area contributed by atoms with Gasteiger partial charge in [0.1, 0.15) is 11.4 Å².